The van der Waals surface area contributed by atoms with Crippen LogP contribution in [0.4, 0.5) is 5.69 Å². The summed E-state index contributed by atoms with van der Waals surface area (Å²) in [5.74, 6) is 0.193. The number of rotatable bonds is 8. The summed E-state index contributed by atoms with van der Waals surface area (Å²) in [6.07, 6.45) is 1.30. The molecule has 1 amide bonds. The average Bonchev–Trinajstić information content (AvgIpc) is 3.32. The Kier molecular flexibility index (Phi) is 8.01. The molecule has 0 spiro atoms. The number of carbonyl (C=O) groups is 1. The summed E-state index contributed by atoms with van der Waals surface area (Å²) in [6.45, 7) is -0.504. The monoisotopic (exact) mass is 561 g/mol. The molecule has 36 heavy (non-hydrogen) atoms. The van der Waals surface area contributed by atoms with E-state index in [0.717, 1.165) is 4.31 Å². The van der Waals surface area contributed by atoms with Gasteiger partial charge in [0.15, 0.2) is 0 Å². The van der Waals surface area contributed by atoms with Gasteiger partial charge in [-0.25, -0.2) is 13.8 Å². The highest BCUT2D eigenvalue weighted by molar-refractivity contribution is 7.92. The maximum absolute atomic E-state index is 13.3. The van der Waals surface area contributed by atoms with Crippen LogP contribution in [0.3, 0.4) is 0 Å². The van der Waals surface area contributed by atoms with E-state index in [1.54, 1.807) is 60.7 Å². The lowest BCUT2D eigenvalue weighted by Crippen LogP contribution is -2.39. The van der Waals surface area contributed by atoms with Gasteiger partial charge in [0.2, 0.25) is 0 Å². The number of anilines is 1. The first-order chi connectivity index (χ1) is 17.2. The van der Waals surface area contributed by atoms with E-state index in [4.69, 9.17) is 39.2 Å². The molecule has 1 aromatic heterocycles. The molecule has 0 fully saturated rings. The standard InChI is InChI=1S/C25H18Cl3N3O4S/c26-17-6-10-21(11-7-17)36(33,34)31(19-4-2-1-3-5-19)16-25(32)30-29-15-20-9-13-24(35-20)22-12-8-18(27)14-23(22)28/h1-15H,16H2,(H,30,32)/b29-15-. The molecule has 4 aromatic rings. The van der Waals surface area contributed by atoms with Crippen molar-refractivity contribution in [2.45, 2.75) is 4.90 Å². The van der Waals surface area contributed by atoms with Crippen molar-refractivity contribution in [2.75, 3.05) is 10.8 Å². The van der Waals surface area contributed by atoms with Gasteiger partial charge in [0.25, 0.3) is 15.9 Å². The molecule has 0 atom stereocenters. The number of halogens is 3. The molecule has 0 saturated carbocycles. The maximum Gasteiger partial charge on any atom is 0.264 e. The minimum absolute atomic E-state index is 0.00368. The smallest absolute Gasteiger partial charge is 0.264 e. The summed E-state index contributed by atoms with van der Waals surface area (Å²) in [5, 5.41) is 5.21. The number of benzene rings is 3. The van der Waals surface area contributed by atoms with Gasteiger partial charge in [-0.2, -0.15) is 5.10 Å². The van der Waals surface area contributed by atoms with E-state index in [1.165, 1.54) is 30.5 Å². The Bertz CT molecular complexity index is 1510. The Morgan fingerprint density at radius 1 is 0.917 bits per heavy atom. The molecule has 3 aromatic carbocycles. The normalized spacial score (nSPS) is 11.5. The molecule has 0 aliphatic carbocycles. The van der Waals surface area contributed by atoms with Gasteiger partial charge in [-0.1, -0.05) is 53.0 Å². The summed E-state index contributed by atoms with van der Waals surface area (Å²) < 4.78 is 33.3. The van der Waals surface area contributed by atoms with Crippen LogP contribution in [-0.2, 0) is 14.8 Å². The number of nitrogens with one attached hydrogen (secondary N) is 1. The number of sulfonamides is 1. The summed E-state index contributed by atoms with van der Waals surface area (Å²) in [7, 11) is -4.06. The topological polar surface area (TPSA) is 92.0 Å². The average molecular weight is 563 g/mol. The van der Waals surface area contributed by atoms with E-state index in [1.807, 2.05) is 0 Å². The zero-order valence-electron chi connectivity index (χ0n) is 18.4. The predicted molar refractivity (Wildman–Crippen MR) is 142 cm³/mol. The molecule has 0 bridgehead atoms. The van der Waals surface area contributed by atoms with Gasteiger partial charge >= 0.3 is 0 Å². The molecule has 4 rings (SSSR count). The Morgan fingerprint density at radius 2 is 1.61 bits per heavy atom. The number of hydrogen-bond acceptors (Lipinski definition) is 5. The second-order valence-corrected chi connectivity index (χ2v) is 10.6. The molecular formula is C25H18Cl3N3O4S. The fraction of sp³-hybridized carbons (Fsp3) is 0.0400. The van der Waals surface area contributed by atoms with E-state index < -0.39 is 22.5 Å². The molecular weight excluding hydrogens is 545 g/mol. The second kappa shape index (κ2) is 11.2. The molecule has 0 saturated heterocycles. The number of amides is 1. The lowest BCUT2D eigenvalue weighted by molar-refractivity contribution is -0.119. The fourth-order valence-corrected chi connectivity index (χ4v) is 5.28. The number of para-hydroxylation sites is 1. The van der Waals surface area contributed by atoms with Crippen molar-refractivity contribution in [3.8, 4) is 11.3 Å². The Hall–Kier alpha value is -3.30. The number of hydrogen-bond donors (Lipinski definition) is 1. The van der Waals surface area contributed by atoms with Gasteiger partial charge in [0.05, 0.1) is 21.8 Å². The van der Waals surface area contributed by atoms with Crippen LogP contribution in [0, 0.1) is 0 Å². The van der Waals surface area contributed by atoms with E-state index in [-0.39, 0.29) is 4.90 Å². The predicted octanol–water partition coefficient (Wildman–Crippen LogP) is 6.25. The van der Waals surface area contributed by atoms with Gasteiger partial charge in [-0.3, -0.25) is 9.10 Å². The highest BCUT2D eigenvalue weighted by Crippen LogP contribution is 2.31. The molecule has 184 valence electrons. The van der Waals surface area contributed by atoms with Crippen molar-refractivity contribution in [3.05, 3.63) is 106 Å². The first kappa shape index (κ1) is 25.8. The molecule has 11 heteroatoms. The Balaban J connectivity index is 1.48. The lowest BCUT2D eigenvalue weighted by Gasteiger charge is -2.23. The second-order valence-electron chi connectivity index (χ2n) is 7.42. The van der Waals surface area contributed by atoms with Crippen molar-refractivity contribution in [1.29, 1.82) is 0 Å². The third-order valence-corrected chi connectivity index (χ3v) is 7.53. The molecule has 0 aliphatic rings. The van der Waals surface area contributed by atoms with Crippen LogP contribution in [0.1, 0.15) is 5.76 Å². The summed E-state index contributed by atoms with van der Waals surface area (Å²) in [5.41, 5.74) is 3.30. The fourth-order valence-electron chi connectivity index (χ4n) is 3.23. The van der Waals surface area contributed by atoms with E-state index in [2.05, 4.69) is 10.5 Å². The van der Waals surface area contributed by atoms with Crippen LogP contribution in [0.2, 0.25) is 15.1 Å². The minimum Gasteiger partial charge on any atom is -0.455 e. The van der Waals surface area contributed by atoms with Crippen LogP contribution >= 0.6 is 34.8 Å². The SMILES string of the molecule is O=C(CN(c1ccccc1)S(=O)(=O)c1ccc(Cl)cc1)N/N=C\c1ccc(-c2ccc(Cl)cc2Cl)o1. The number of hydrazone groups is 1. The number of furan rings is 1. The summed E-state index contributed by atoms with van der Waals surface area (Å²) >= 11 is 18.0. The molecule has 0 aliphatic heterocycles. The highest BCUT2D eigenvalue weighted by Gasteiger charge is 2.27. The zero-order valence-corrected chi connectivity index (χ0v) is 21.5. The van der Waals surface area contributed by atoms with Crippen molar-refractivity contribution >= 4 is 62.6 Å². The maximum atomic E-state index is 13.3. The van der Waals surface area contributed by atoms with Crippen molar-refractivity contribution in [1.82, 2.24) is 5.43 Å². The van der Waals surface area contributed by atoms with Gasteiger partial charge in [0, 0.05) is 15.6 Å². The number of carbonyl (C=O) groups excluding carboxylic acids is 1. The van der Waals surface area contributed by atoms with Crippen LogP contribution in [-0.4, -0.2) is 27.1 Å². The van der Waals surface area contributed by atoms with Gasteiger partial charge in [0.1, 0.15) is 18.1 Å². The Labute approximate surface area is 222 Å². The van der Waals surface area contributed by atoms with Gasteiger partial charge in [-0.15, -0.1) is 0 Å². The molecule has 1 heterocycles. The quantitative estimate of drug-likeness (QED) is 0.203. The van der Waals surface area contributed by atoms with Gasteiger partial charge < -0.3 is 4.42 Å². The molecule has 1 N–H and O–H groups in total. The largest absolute Gasteiger partial charge is 0.455 e. The van der Waals surface area contributed by atoms with E-state index in [0.29, 0.717) is 37.8 Å². The van der Waals surface area contributed by atoms with Crippen LogP contribution in [0.5, 0.6) is 0 Å². The van der Waals surface area contributed by atoms with Gasteiger partial charge in [-0.05, 0) is 66.7 Å². The highest BCUT2D eigenvalue weighted by atomic mass is 35.5. The molecule has 0 unspecified atom stereocenters. The minimum atomic E-state index is -4.06. The van der Waals surface area contributed by atoms with Crippen LogP contribution in [0.25, 0.3) is 11.3 Å². The van der Waals surface area contributed by atoms with Crippen molar-refractivity contribution in [2.24, 2.45) is 5.10 Å². The molecule has 0 radical (unpaired) electrons. The molecule has 7 nitrogen and oxygen atoms in total. The van der Waals surface area contributed by atoms with Crippen molar-refractivity contribution in [3.63, 3.8) is 0 Å². The Morgan fingerprint density at radius 3 is 2.31 bits per heavy atom. The lowest BCUT2D eigenvalue weighted by atomic mass is 10.2. The van der Waals surface area contributed by atoms with Crippen molar-refractivity contribution < 1.29 is 17.6 Å². The first-order valence-corrected chi connectivity index (χ1v) is 13.0. The first-order valence-electron chi connectivity index (χ1n) is 10.4. The summed E-state index contributed by atoms with van der Waals surface area (Å²) in [4.78, 5) is 12.6. The van der Waals surface area contributed by atoms with E-state index >= 15 is 0 Å². The third kappa shape index (κ3) is 6.09. The van der Waals surface area contributed by atoms with E-state index in [9.17, 15) is 13.2 Å². The number of nitrogens with zero attached hydrogens (tertiary/aromatic N) is 2. The zero-order chi connectivity index (χ0) is 25.7. The summed E-state index contributed by atoms with van der Waals surface area (Å²) in [6, 6.07) is 22.4. The van der Waals surface area contributed by atoms with Crippen LogP contribution in [0.15, 0.2) is 99.3 Å². The third-order valence-electron chi connectivity index (χ3n) is 4.94. The van der Waals surface area contributed by atoms with Crippen LogP contribution < -0.4 is 9.73 Å².